The van der Waals surface area contributed by atoms with Gasteiger partial charge in [0, 0.05) is 0 Å². The second kappa shape index (κ2) is 3.88. The lowest BCUT2D eigenvalue weighted by Crippen LogP contribution is -2.47. The van der Waals surface area contributed by atoms with Gasteiger partial charge in [-0.3, -0.25) is 0 Å². The van der Waals surface area contributed by atoms with Crippen LogP contribution in [0.4, 0.5) is 17.6 Å². The molecule has 0 aliphatic rings. The molecule has 0 amide bonds. The third-order valence-electron chi connectivity index (χ3n) is 1.98. The molecule has 0 aromatic rings. The predicted molar refractivity (Wildman–Crippen MR) is 44.3 cm³/mol. The zero-order chi connectivity index (χ0) is 10.9. The van der Waals surface area contributed by atoms with Crippen LogP contribution in [0.1, 0.15) is 27.2 Å². The summed E-state index contributed by atoms with van der Waals surface area (Å²) in [5.74, 6) is -1.22. The predicted octanol–water partition coefficient (Wildman–Crippen LogP) is 3.07. The molecule has 0 spiro atoms. The molecular weight excluding hydrogens is 183 g/mol. The maximum absolute atomic E-state index is 13.0. The molecule has 0 fully saturated rings. The Kier molecular flexibility index (Phi) is 3.82. The highest BCUT2D eigenvalue weighted by Crippen LogP contribution is 2.39. The number of halogens is 4. The van der Waals surface area contributed by atoms with Gasteiger partial charge in [-0.25, -0.2) is 4.39 Å². The van der Waals surface area contributed by atoms with Gasteiger partial charge in [0.15, 0.2) is 5.57 Å². The van der Waals surface area contributed by atoms with E-state index in [1.165, 1.54) is 6.92 Å². The molecule has 0 N–H and O–H groups in total. The Hall–Kier alpha value is -0.215. The molecule has 0 saturated heterocycles. The molecule has 0 heterocycles. The van der Waals surface area contributed by atoms with Crippen LogP contribution >= 0.6 is 0 Å². The van der Waals surface area contributed by atoms with Gasteiger partial charge in [-0.2, -0.15) is 13.2 Å². The molecule has 0 aromatic heterocycles. The quantitative estimate of drug-likeness (QED) is 0.480. The number of rotatable bonds is 3. The lowest BCUT2D eigenvalue weighted by atomic mass is 9.70. The summed E-state index contributed by atoms with van der Waals surface area (Å²) < 4.78 is 49.1. The SMILES string of the molecule is [B]C(F)(C(C)CC(C)C)C(F)(F)F. The van der Waals surface area contributed by atoms with Gasteiger partial charge in [0.25, 0.3) is 0 Å². The highest BCUT2D eigenvalue weighted by atomic mass is 19.4. The molecular formula is C8H13BF4. The van der Waals surface area contributed by atoms with Crippen molar-refractivity contribution in [1.29, 1.82) is 0 Å². The Bertz CT molecular complexity index is 162. The van der Waals surface area contributed by atoms with Crippen LogP contribution in [0.5, 0.6) is 0 Å². The average molecular weight is 196 g/mol. The molecule has 0 aromatic carbocycles. The minimum absolute atomic E-state index is 0.00368. The molecule has 2 atom stereocenters. The lowest BCUT2D eigenvalue weighted by molar-refractivity contribution is -0.213. The molecule has 0 nitrogen and oxygen atoms in total. The van der Waals surface area contributed by atoms with E-state index in [-0.39, 0.29) is 12.3 Å². The number of hydrogen-bond donors (Lipinski definition) is 0. The van der Waals surface area contributed by atoms with E-state index in [0.29, 0.717) is 0 Å². The summed E-state index contributed by atoms with van der Waals surface area (Å²) in [6.07, 6.45) is -4.87. The monoisotopic (exact) mass is 196 g/mol. The zero-order valence-corrected chi connectivity index (χ0v) is 7.95. The Balaban J connectivity index is 4.45. The van der Waals surface area contributed by atoms with Crippen molar-refractivity contribution in [2.45, 2.75) is 38.9 Å². The number of hydrogen-bond acceptors (Lipinski definition) is 0. The molecule has 0 rings (SSSR count). The minimum Gasteiger partial charge on any atom is -0.245 e. The first-order chi connectivity index (χ1) is 5.59. The minimum atomic E-state index is -4.98. The van der Waals surface area contributed by atoms with Gasteiger partial charge >= 0.3 is 6.18 Å². The van der Waals surface area contributed by atoms with E-state index >= 15 is 0 Å². The Morgan fingerprint density at radius 2 is 1.46 bits per heavy atom. The zero-order valence-electron chi connectivity index (χ0n) is 7.95. The lowest BCUT2D eigenvalue weighted by Gasteiger charge is -2.31. The second-order valence-corrected chi connectivity index (χ2v) is 3.80. The van der Waals surface area contributed by atoms with Crippen LogP contribution in [0.15, 0.2) is 0 Å². The van der Waals surface area contributed by atoms with Gasteiger partial charge in [0.2, 0.25) is 0 Å². The molecule has 2 unspecified atom stereocenters. The molecule has 13 heavy (non-hydrogen) atoms. The van der Waals surface area contributed by atoms with E-state index in [1.54, 1.807) is 13.8 Å². The van der Waals surface area contributed by atoms with Gasteiger partial charge in [-0.05, 0) is 18.3 Å². The molecule has 2 radical (unpaired) electrons. The van der Waals surface area contributed by atoms with Crippen molar-refractivity contribution in [3.8, 4) is 0 Å². The fourth-order valence-corrected chi connectivity index (χ4v) is 1.16. The summed E-state index contributed by atoms with van der Waals surface area (Å²) in [5, 5.41) is 0. The van der Waals surface area contributed by atoms with E-state index in [0.717, 1.165) is 0 Å². The standard InChI is InChI=1S/C8H13BF4/c1-5(2)4-6(3)7(9,10)8(11,12)13/h5-6H,4H2,1-3H3. The third kappa shape index (κ3) is 3.20. The highest BCUT2D eigenvalue weighted by Gasteiger charge is 2.54. The largest absolute Gasteiger partial charge is 0.413 e. The van der Waals surface area contributed by atoms with E-state index in [4.69, 9.17) is 0 Å². The van der Waals surface area contributed by atoms with Gasteiger partial charge in [-0.15, -0.1) is 0 Å². The molecule has 76 valence electrons. The fraction of sp³-hybridized carbons (Fsp3) is 1.00. The van der Waals surface area contributed by atoms with Crippen molar-refractivity contribution in [2.75, 3.05) is 0 Å². The summed E-state index contributed by atoms with van der Waals surface area (Å²) in [5.41, 5.74) is -3.57. The number of alkyl halides is 4. The Morgan fingerprint density at radius 1 is 1.08 bits per heavy atom. The van der Waals surface area contributed by atoms with E-state index < -0.39 is 17.7 Å². The van der Waals surface area contributed by atoms with Crippen LogP contribution in [-0.2, 0) is 0 Å². The molecule has 0 saturated carbocycles. The summed E-state index contributed by atoms with van der Waals surface area (Å²) in [6, 6.07) is 0. The second-order valence-electron chi connectivity index (χ2n) is 3.80. The van der Waals surface area contributed by atoms with E-state index in [9.17, 15) is 17.6 Å². The van der Waals surface area contributed by atoms with Gasteiger partial charge in [0.1, 0.15) is 7.85 Å². The van der Waals surface area contributed by atoms with Gasteiger partial charge in [-0.1, -0.05) is 20.8 Å². The van der Waals surface area contributed by atoms with Crippen molar-refractivity contribution in [1.82, 2.24) is 0 Å². The van der Waals surface area contributed by atoms with Crippen molar-refractivity contribution in [2.24, 2.45) is 11.8 Å². The van der Waals surface area contributed by atoms with Crippen LogP contribution in [0.25, 0.3) is 0 Å². The first kappa shape index (κ1) is 12.8. The van der Waals surface area contributed by atoms with Crippen LogP contribution in [-0.4, -0.2) is 19.6 Å². The molecule has 0 bridgehead atoms. The molecule has 0 aliphatic carbocycles. The molecule has 5 heteroatoms. The third-order valence-corrected chi connectivity index (χ3v) is 1.98. The van der Waals surface area contributed by atoms with Crippen molar-refractivity contribution in [3.05, 3.63) is 0 Å². The van der Waals surface area contributed by atoms with Crippen molar-refractivity contribution < 1.29 is 17.6 Å². The van der Waals surface area contributed by atoms with Gasteiger partial charge in [0.05, 0.1) is 0 Å². The maximum Gasteiger partial charge on any atom is 0.413 e. The van der Waals surface area contributed by atoms with E-state index in [1.807, 2.05) is 0 Å². The smallest absolute Gasteiger partial charge is 0.245 e. The summed E-state index contributed by atoms with van der Waals surface area (Å²) in [7, 11) is 4.59. The highest BCUT2D eigenvalue weighted by molar-refractivity contribution is 6.15. The van der Waals surface area contributed by atoms with Crippen LogP contribution in [0.3, 0.4) is 0 Å². The van der Waals surface area contributed by atoms with Gasteiger partial charge < -0.3 is 0 Å². The maximum atomic E-state index is 13.0. The normalized spacial score (nSPS) is 20.0. The fourth-order valence-electron chi connectivity index (χ4n) is 1.16. The van der Waals surface area contributed by atoms with E-state index in [2.05, 4.69) is 7.85 Å². The Morgan fingerprint density at radius 3 is 1.69 bits per heavy atom. The molecule has 0 aliphatic heterocycles. The average Bonchev–Trinajstić information content (AvgIpc) is 1.82. The summed E-state index contributed by atoms with van der Waals surface area (Å²) >= 11 is 0. The topological polar surface area (TPSA) is 0 Å². The first-order valence-electron chi connectivity index (χ1n) is 4.13. The summed E-state index contributed by atoms with van der Waals surface area (Å²) in [6.45, 7) is 4.62. The van der Waals surface area contributed by atoms with Crippen molar-refractivity contribution >= 4 is 7.85 Å². The van der Waals surface area contributed by atoms with Crippen LogP contribution in [0.2, 0.25) is 0 Å². The summed E-state index contributed by atoms with van der Waals surface area (Å²) in [4.78, 5) is 0. The van der Waals surface area contributed by atoms with Crippen LogP contribution < -0.4 is 0 Å². The van der Waals surface area contributed by atoms with Crippen LogP contribution in [0, 0.1) is 11.8 Å². The van der Waals surface area contributed by atoms with Crippen molar-refractivity contribution in [3.63, 3.8) is 0 Å². The first-order valence-corrected chi connectivity index (χ1v) is 4.13. The Labute approximate surface area is 77.1 Å².